The van der Waals surface area contributed by atoms with Gasteiger partial charge in [-0.3, -0.25) is 4.57 Å². The topological polar surface area (TPSA) is 126 Å². The molecule has 0 bridgehead atoms. The zero-order valence-corrected chi connectivity index (χ0v) is 12.4. The SMILES string of the molecule is O[C@@H]1[C@H](O)CO[C@H]1n1cnc2c(N[C@@H]3CCC[C@@H]3O)ncnc21. The molecule has 9 heteroatoms. The van der Waals surface area contributed by atoms with Gasteiger partial charge < -0.3 is 25.4 Å². The minimum Gasteiger partial charge on any atom is -0.391 e. The second-order valence-corrected chi connectivity index (χ2v) is 6.08. The van der Waals surface area contributed by atoms with E-state index >= 15 is 0 Å². The largest absolute Gasteiger partial charge is 0.391 e. The number of ether oxygens (including phenoxy) is 1. The molecule has 1 aliphatic carbocycles. The van der Waals surface area contributed by atoms with Gasteiger partial charge in [0.1, 0.15) is 18.5 Å². The van der Waals surface area contributed by atoms with Crippen LogP contribution < -0.4 is 5.32 Å². The maximum absolute atomic E-state index is 10.0. The number of rotatable bonds is 3. The van der Waals surface area contributed by atoms with Crippen molar-refractivity contribution in [2.24, 2.45) is 0 Å². The molecule has 4 rings (SSSR count). The number of nitrogens with zero attached hydrogens (tertiary/aromatic N) is 4. The van der Waals surface area contributed by atoms with E-state index < -0.39 is 24.5 Å². The number of aromatic nitrogens is 4. The summed E-state index contributed by atoms with van der Waals surface area (Å²) in [6.07, 6.45) is 2.47. The maximum atomic E-state index is 10.0. The van der Waals surface area contributed by atoms with Crippen LogP contribution in [-0.2, 0) is 4.74 Å². The van der Waals surface area contributed by atoms with Gasteiger partial charge in [-0.15, -0.1) is 0 Å². The first-order chi connectivity index (χ1) is 11.1. The number of nitrogens with one attached hydrogen (secondary N) is 1. The van der Waals surface area contributed by atoms with Crippen molar-refractivity contribution in [2.75, 3.05) is 11.9 Å². The van der Waals surface area contributed by atoms with Crippen LogP contribution in [0.25, 0.3) is 11.2 Å². The van der Waals surface area contributed by atoms with E-state index in [0.717, 1.165) is 19.3 Å². The van der Waals surface area contributed by atoms with Gasteiger partial charge in [0.2, 0.25) is 0 Å². The van der Waals surface area contributed by atoms with Gasteiger partial charge in [-0.1, -0.05) is 0 Å². The van der Waals surface area contributed by atoms with Crippen molar-refractivity contribution in [1.29, 1.82) is 0 Å². The molecule has 0 aromatic carbocycles. The van der Waals surface area contributed by atoms with Crippen molar-refractivity contribution in [1.82, 2.24) is 19.5 Å². The smallest absolute Gasteiger partial charge is 0.167 e. The summed E-state index contributed by atoms with van der Waals surface area (Å²) in [6.45, 7) is 0.0654. The molecule has 4 N–H and O–H groups in total. The molecule has 2 fully saturated rings. The van der Waals surface area contributed by atoms with Crippen molar-refractivity contribution in [3.05, 3.63) is 12.7 Å². The lowest BCUT2D eigenvalue weighted by Crippen LogP contribution is -2.29. The van der Waals surface area contributed by atoms with Gasteiger partial charge in [-0.05, 0) is 19.3 Å². The molecule has 3 heterocycles. The summed E-state index contributed by atoms with van der Waals surface area (Å²) >= 11 is 0. The van der Waals surface area contributed by atoms with Crippen LogP contribution in [0.15, 0.2) is 12.7 Å². The van der Waals surface area contributed by atoms with Crippen molar-refractivity contribution < 1.29 is 20.1 Å². The Hall–Kier alpha value is -1.81. The lowest BCUT2D eigenvalue weighted by molar-refractivity contribution is -0.0162. The van der Waals surface area contributed by atoms with Crippen LogP contribution in [0.2, 0.25) is 0 Å². The summed E-state index contributed by atoms with van der Waals surface area (Å²) in [4.78, 5) is 12.7. The summed E-state index contributed by atoms with van der Waals surface area (Å²) < 4.78 is 7.01. The predicted molar refractivity (Wildman–Crippen MR) is 79.6 cm³/mol. The van der Waals surface area contributed by atoms with Gasteiger partial charge in [0.15, 0.2) is 23.2 Å². The molecule has 2 aliphatic rings. The Morgan fingerprint density at radius 1 is 1.13 bits per heavy atom. The van der Waals surface area contributed by atoms with Crippen LogP contribution in [-0.4, -0.2) is 65.8 Å². The molecule has 1 saturated carbocycles. The van der Waals surface area contributed by atoms with E-state index in [2.05, 4.69) is 20.3 Å². The third kappa shape index (κ3) is 2.45. The summed E-state index contributed by atoms with van der Waals surface area (Å²) in [6, 6.07) is -0.0478. The van der Waals surface area contributed by atoms with Crippen molar-refractivity contribution in [3.63, 3.8) is 0 Å². The van der Waals surface area contributed by atoms with Crippen LogP contribution in [0.1, 0.15) is 25.5 Å². The van der Waals surface area contributed by atoms with Gasteiger partial charge in [-0.25, -0.2) is 15.0 Å². The maximum Gasteiger partial charge on any atom is 0.167 e. The summed E-state index contributed by atoms with van der Waals surface area (Å²) in [7, 11) is 0. The Kier molecular flexibility index (Phi) is 3.64. The summed E-state index contributed by atoms with van der Waals surface area (Å²) in [5.41, 5.74) is 1.05. The molecule has 0 spiro atoms. The number of hydrogen-bond acceptors (Lipinski definition) is 8. The highest BCUT2D eigenvalue weighted by atomic mass is 16.5. The Morgan fingerprint density at radius 3 is 2.70 bits per heavy atom. The second kappa shape index (κ2) is 5.68. The van der Waals surface area contributed by atoms with E-state index in [-0.39, 0.29) is 12.6 Å². The number of anilines is 1. The highest BCUT2D eigenvalue weighted by Crippen LogP contribution is 2.30. The normalized spacial score (nSPS) is 34.3. The van der Waals surface area contributed by atoms with Crippen LogP contribution in [0, 0.1) is 0 Å². The minimum atomic E-state index is -1.03. The highest BCUT2D eigenvalue weighted by Gasteiger charge is 2.37. The summed E-state index contributed by atoms with van der Waals surface area (Å²) in [5.74, 6) is 0.549. The average molecular weight is 321 g/mol. The van der Waals surface area contributed by atoms with Gasteiger partial charge in [0, 0.05) is 0 Å². The third-order valence-corrected chi connectivity index (χ3v) is 4.56. The monoisotopic (exact) mass is 321 g/mol. The predicted octanol–water partition coefficient (Wildman–Crippen LogP) is -0.598. The molecule has 0 unspecified atom stereocenters. The molecule has 23 heavy (non-hydrogen) atoms. The molecule has 2 aromatic rings. The number of aliphatic hydroxyl groups excluding tert-OH is 3. The fourth-order valence-corrected chi connectivity index (χ4v) is 3.26. The molecule has 0 radical (unpaired) electrons. The molecule has 1 saturated heterocycles. The molecule has 0 amide bonds. The Bertz CT molecular complexity index is 708. The van der Waals surface area contributed by atoms with E-state index in [1.165, 1.54) is 12.7 Å². The molecule has 1 aliphatic heterocycles. The van der Waals surface area contributed by atoms with Gasteiger partial charge >= 0.3 is 0 Å². The Labute approximate surface area is 132 Å². The molecule has 9 nitrogen and oxygen atoms in total. The first kappa shape index (κ1) is 14.8. The summed E-state index contributed by atoms with van der Waals surface area (Å²) in [5, 5.41) is 32.8. The third-order valence-electron chi connectivity index (χ3n) is 4.56. The number of hydrogen-bond donors (Lipinski definition) is 4. The second-order valence-electron chi connectivity index (χ2n) is 6.08. The van der Waals surface area contributed by atoms with Gasteiger partial charge in [0.25, 0.3) is 0 Å². The lowest BCUT2D eigenvalue weighted by atomic mass is 10.2. The lowest BCUT2D eigenvalue weighted by Gasteiger charge is -2.18. The van der Waals surface area contributed by atoms with E-state index in [1.54, 1.807) is 4.57 Å². The Morgan fingerprint density at radius 2 is 2.00 bits per heavy atom. The quantitative estimate of drug-likeness (QED) is 0.591. The molecular weight excluding hydrogens is 302 g/mol. The first-order valence-electron chi connectivity index (χ1n) is 7.75. The number of fused-ring (bicyclic) bond motifs is 1. The van der Waals surface area contributed by atoms with E-state index in [4.69, 9.17) is 4.74 Å². The minimum absolute atomic E-state index is 0.0478. The van der Waals surface area contributed by atoms with Gasteiger partial charge in [-0.2, -0.15) is 0 Å². The first-order valence-corrected chi connectivity index (χ1v) is 7.75. The number of aliphatic hydroxyl groups is 3. The van der Waals surface area contributed by atoms with Gasteiger partial charge in [0.05, 0.1) is 25.1 Å². The van der Waals surface area contributed by atoms with Crippen LogP contribution in [0.3, 0.4) is 0 Å². The van der Waals surface area contributed by atoms with Crippen molar-refractivity contribution >= 4 is 17.0 Å². The van der Waals surface area contributed by atoms with Crippen molar-refractivity contribution in [3.8, 4) is 0 Å². The van der Waals surface area contributed by atoms with Crippen LogP contribution in [0.4, 0.5) is 5.82 Å². The molecule has 124 valence electrons. The highest BCUT2D eigenvalue weighted by molar-refractivity contribution is 5.82. The van der Waals surface area contributed by atoms with Crippen LogP contribution in [0.5, 0.6) is 0 Å². The van der Waals surface area contributed by atoms with E-state index in [9.17, 15) is 15.3 Å². The van der Waals surface area contributed by atoms with Crippen LogP contribution >= 0.6 is 0 Å². The zero-order valence-electron chi connectivity index (χ0n) is 12.4. The fourth-order valence-electron chi connectivity index (χ4n) is 3.26. The fraction of sp³-hybridized carbons (Fsp3) is 0.643. The molecular formula is C14H19N5O4. The zero-order chi connectivity index (χ0) is 16.0. The van der Waals surface area contributed by atoms with E-state index in [1.807, 2.05) is 0 Å². The standard InChI is InChI=1S/C14H19N5O4/c20-8-3-1-2-7(8)18-12-10-13(16-5-15-12)19(6-17-10)14-11(22)9(21)4-23-14/h5-9,11,14,20-22H,1-4H2,(H,15,16,18)/t7-,8+,9-,11-,14-/m1/s1. The van der Waals surface area contributed by atoms with E-state index in [0.29, 0.717) is 17.0 Å². The molecule has 5 atom stereocenters. The Balaban J connectivity index is 1.66. The number of imidazole rings is 1. The van der Waals surface area contributed by atoms with Crippen molar-refractivity contribution in [2.45, 2.75) is 49.8 Å². The average Bonchev–Trinajstić information content (AvgIpc) is 3.22. The molecule has 2 aromatic heterocycles.